The van der Waals surface area contributed by atoms with Crippen LogP contribution in [0.1, 0.15) is 12.0 Å². The normalized spacial score (nSPS) is 16.9. The lowest BCUT2D eigenvalue weighted by atomic mass is 10.2. The molecule has 28 heavy (non-hydrogen) atoms. The zero-order valence-corrected chi connectivity index (χ0v) is 14.6. The van der Waals surface area contributed by atoms with Crippen molar-refractivity contribution in [2.24, 2.45) is 0 Å². The molecule has 0 saturated carbocycles. The zero-order chi connectivity index (χ0) is 20.5. The van der Waals surface area contributed by atoms with Crippen LogP contribution in [0.3, 0.4) is 0 Å². The van der Waals surface area contributed by atoms with Crippen molar-refractivity contribution in [2.45, 2.75) is 18.7 Å². The van der Waals surface area contributed by atoms with Gasteiger partial charge in [0.25, 0.3) is 5.69 Å². The van der Waals surface area contributed by atoms with Gasteiger partial charge in [-0.3, -0.25) is 10.1 Å². The molecule has 0 bridgehead atoms. The minimum Gasteiger partial charge on any atom is -0.494 e. The third kappa shape index (κ3) is 4.07. The number of hydrogen-bond acceptors (Lipinski definition) is 6. The Kier molecular flexibility index (Phi) is 5.25. The summed E-state index contributed by atoms with van der Waals surface area (Å²) in [5.41, 5.74) is -1.12. The van der Waals surface area contributed by atoms with Gasteiger partial charge in [-0.1, -0.05) is 0 Å². The number of hydrogen-bond donors (Lipinski definition) is 0. The smallest absolute Gasteiger partial charge is 0.417 e. The molecule has 7 nitrogen and oxygen atoms in total. The van der Waals surface area contributed by atoms with Gasteiger partial charge in [-0.05, 0) is 6.07 Å². The van der Waals surface area contributed by atoms with Crippen molar-refractivity contribution in [1.82, 2.24) is 4.98 Å². The highest BCUT2D eigenvalue weighted by atomic mass is 19.4. The Labute approximate surface area is 156 Å². The van der Waals surface area contributed by atoms with Crippen LogP contribution in [0.25, 0.3) is 0 Å². The Morgan fingerprint density at radius 3 is 2.64 bits per heavy atom. The van der Waals surface area contributed by atoms with Crippen molar-refractivity contribution in [1.29, 1.82) is 0 Å². The Hall–Kier alpha value is -3.11. The van der Waals surface area contributed by atoms with Crippen molar-refractivity contribution >= 4 is 11.4 Å². The van der Waals surface area contributed by atoms with Crippen molar-refractivity contribution in [3.05, 3.63) is 52.0 Å². The molecule has 1 atom stereocenters. The molecular weight excluding hydrogens is 386 g/mol. The van der Waals surface area contributed by atoms with E-state index in [0.29, 0.717) is 19.2 Å². The van der Waals surface area contributed by atoms with Crippen LogP contribution >= 0.6 is 0 Å². The Balaban J connectivity index is 1.74. The molecule has 1 aromatic carbocycles. The first-order valence-electron chi connectivity index (χ1n) is 8.16. The van der Waals surface area contributed by atoms with Gasteiger partial charge in [0.1, 0.15) is 11.8 Å². The van der Waals surface area contributed by atoms with E-state index in [4.69, 9.17) is 9.47 Å². The second-order valence-electron chi connectivity index (χ2n) is 6.09. The third-order valence-electron chi connectivity index (χ3n) is 4.28. The number of alkyl halides is 3. The molecule has 1 aliphatic rings. The second-order valence-corrected chi connectivity index (χ2v) is 6.09. The second kappa shape index (κ2) is 7.49. The summed E-state index contributed by atoms with van der Waals surface area (Å²) in [5.74, 6) is -0.959. The number of ether oxygens (including phenoxy) is 2. The highest BCUT2D eigenvalue weighted by Gasteiger charge is 2.32. The summed E-state index contributed by atoms with van der Waals surface area (Å²) in [6, 6.07) is 4.02. The molecule has 0 radical (unpaired) electrons. The van der Waals surface area contributed by atoms with Gasteiger partial charge in [0.2, 0.25) is 5.88 Å². The van der Waals surface area contributed by atoms with E-state index in [9.17, 15) is 27.7 Å². The Morgan fingerprint density at radius 2 is 2.07 bits per heavy atom. The molecule has 1 unspecified atom stereocenters. The first-order chi connectivity index (χ1) is 13.2. The molecule has 0 aliphatic carbocycles. The minimum absolute atomic E-state index is 0.0195. The maximum absolute atomic E-state index is 13.8. The number of halogens is 4. The van der Waals surface area contributed by atoms with Gasteiger partial charge in [-0.25, -0.2) is 9.37 Å². The van der Waals surface area contributed by atoms with E-state index in [-0.39, 0.29) is 23.9 Å². The van der Waals surface area contributed by atoms with Crippen LogP contribution in [0.15, 0.2) is 30.5 Å². The van der Waals surface area contributed by atoms with E-state index in [2.05, 4.69) is 4.98 Å². The summed E-state index contributed by atoms with van der Waals surface area (Å²) in [7, 11) is 1.25. The van der Waals surface area contributed by atoms with Crippen molar-refractivity contribution in [3.8, 4) is 11.6 Å². The third-order valence-corrected chi connectivity index (χ3v) is 4.28. The summed E-state index contributed by atoms with van der Waals surface area (Å²) >= 11 is 0. The fourth-order valence-corrected chi connectivity index (χ4v) is 2.92. The molecule has 1 aromatic heterocycles. The van der Waals surface area contributed by atoms with Crippen LogP contribution < -0.4 is 14.4 Å². The predicted molar refractivity (Wildman–Crippen MR) is 90.1 cm³/mol. The summed E-state index contributed by atoms with van der Waals surface area (Å²) in [6.45, 7) is 0.596. The van der Waals surface area contributed by atoms with Crippen LogP contribution in [0.2, 0.25) is 0 Å². The molecule has 11 heteroatoms. The van der Waals surface area contributed by atoms with Gasteiger partial charge < -0.3 is 14.4 Å². The molecular formula is C17H15F4N3O4. The van der Waals surface area contributed by atoms with E-state index >= 15 is 0 Å². The van der Waals surface area contributed by atoms with E-state index in [1.807, 2.05) is 0 Å². The molecule has 0 amide bonds. The van der Waals surface area contributed by atoms with Crippen LogP contribution in [0.5, 0.6) is 11.6 Å². The number of methoxy groups -OCH3 is 1. The Morgan fingerprint density at radius 1 is 1.32 bits per heavy atom. The lowest BCUT2D eigenvalue weighted by Gasteiger charge is -2.19. The van der Waals surface area contributed by atoms with Crippen molar-refractivity contribution in [2.75, 3.05) is 25.1 Å². The quantitative estimate of drug-likeness (QED) is 0.431. The highest BCUT2D eigenvalue weighted by molar-refractivity contribution is 5.66. The van der Waals surface area contributed by atoms with Crippen molar-refractivity contribution in [3.63, 3.8) is 0 Å². The fraction of sp³-hybridized carbons (Fsp3) is 0.353. The number of nitro benzene ring substituents is 1. The number of nitro groups is 1. The lowest BCUT2D eigenvalue weighted by Crippen LogP contribution is -2.25. The summed E-state index contributed by atoms with van der Waals surface area (Å²) in [5, 5.41) is 11.3. The molecule has 1 aliphatic heterocycles. The van der Waals surface area contributed by atoms with E-state index in [1.54, 1.807) is 4.90 Å². The number of rotatable bonds is 5. The first kappa shape index (κ1) is 19.6. The van der Waals surface area contributed by atoms with E-state index in [0.717, 1.165) is 18.2 Å². The van der Waals surface area contributed by atoms with Gasteiger partial charge in [-0.2, -0.15) is 13.2 Å². The Bertz CT molecular complexity index is 874. The molecule has 2 heterocycles. The molecule has 2 aromatic rings. The molecule has 150 valence electrons. The van der Waals surface area contributed by atoms with Crippen LogP contribution in [0.4, 0.5) is 28.9 Å². The zero-order valence-electron chi connectivity index (χ0n) is 14.6. The van der Waals surface area contributed by atoms with Crippen LogP contribution in [-0.2, 0) is 6.18 Å². The number of aromatic nitrogens is 1. The largest absolute Gasteiger partial charge is 0.494 e. The first-order valence-corrected chi connectivity index (χ1v) is 8.16. The predicted octanol–water partition coefficient (Wildman–Crippen LogP) is 3.81. The van der Waals surface area contributed by atoms with Gasteiger partial charge in [-0.15, -0.1) is 0 Å². The maximum Gasteiger partial charge on any atom is 0.417 e. The number of anilines is 1. The van der Waals surface area contributed by atoms with Crippen LogP contribution in [-0.4, -0.2) is 36.2 Å². The van der Waals surface area contributed by atoms with E-state index in [1.165, 1.54) is 13.2 Å². The maximum atomic E-state index is 13.8. The summed E-state index contributed by atoms with van der Waals surface area (Å²) < 4.78 is 62.0. The fourth-order valence-electron chi connectivity index (χ4n) is 2.92. The highest BCUT2D eigenvalue weighted by Crippen LogP contribution is 2.36. The molecule has 0 spiro atoms. The standard InChI is InChI=1S/C17H15F4N3O4/c1-27-15-7-13(14(24(25)26)6-12(15)18)23-5-4-11(9-23)28-16-3-2-10(8-22-16)17(19,20)21/h2-3,6-8,11H,4-5,9H2,1H3. The van der Waals surface area contributed by atoms with Crippen LogP contribution in [0, 0.1) is 15.9 Å². The average Bonchev–Trinajstić information content (AvgIpc) is 3.09. The monoisotopic (exact) mass is 401 g/mol. The van der Waals surface area contributed by atoms with Gasteiger partial charge in [0, 0.05) is 31.3 Å². The number of nitrogens with zero attached hydrogens (tertiary/aromatic N) is 3. The molecule has 3 rings (SSSR count). The van der Waals surface area contributed by atoms with Gasteiger partial charge in [0.15, 0.2) is 11.6 Å². The number of benzene rings is 1. The van der Waals surface area contributed by atoms with Gasteiger partial charge in [0.05, 0.1) is 30.2 Å². The molecule has 0 N–H and O–H groups in total. The SMILES string of the molecule is COc1cc(N2CCC(Oc3ccc(C(F)(F)F)cn3)C2)c([N+](=O)[O-])cc1F. The summed E-state index contributed by atoms with van der Waals surface area (Å²) in [6.07, 6.45) is -3.80. The van der Waals surface area contributed by atoms with E-state index < -0.39 is 34.3 Å². The molecule has 1 fully saturated rings. The minimum atomic E-state index is -4.49. The van der Waals surface area contributed by atoms with Crippen molar-refractivity contribution < 1.29 is 32.0 Å². The summed E-state index contributed by atoms with van der Waals surface area (Å²) in [4.78, 5) is 15.8. The van der Waals surface area contributed by atoms with Gasteiger partial charge >= 0.3 is 6.18 Å². The topological polar surface area (TPSA) is 77.7 Å². The lowest BCUT2D eigenvalue weighted by molar-refractivity contribution is -0.384. The number of pyridine rings is 1. The molecule has 1 saturated heterocycles. The average molecular weight is 401 g/mol.